The van der Waals surface area contributed by atoms with E-state index in [4.69, 9.17) is 9.47 Å². The molecule has 2 bridgehead atoms. The molecule has 134 valence electrons. The summed E-state index contributed by atoms with van der Waals surface area (Å²) >= 11 is 0. The average Bonchev–Trinajstić information content (AvgIpc) is 3.17. The van der Waals surface area contributed by atoms with E-state index in [1.807, 2.05) is 24.3 Å². The number of hydrogen-bond acceptors (Lipinski definition) is 3. The van der Waals surface area contributed by atoms with Gasteiger partial charge in [-0.15, -0.1) is 0 Å². The normalized spacial score (nSPS) is 30.6. The highest BCUT2D eigenvalue weighted by atomic mass is 16.5. The fourth-order valence-electron chi connectivity index (χ4n) is 4.52. The van der Waals surface area contributed by atoms with E-state index in [0.717, 1.165) is 35.0 Å². The van der Waals surface area contributed by atoms with Crippen LogP contribution in [-0.2, 0) is 9.53 Å². The second-order valence-electron chi connectivity index (χ2n) is 7.51. The van der Waals surface area contributed by atoms with Gasteiger partial charge in [0.05, 0.1) is 6.61 Å². The second-order valence-corrected chi connectivity index (χ2v) is 7.51. The Balaban J connectivity index is 1.45. The van der Waals surface area contributed by atoms with E-state index < -0.39 is 0 Å². The van der Waals surface area contributed by atoms with Crippen LogP contribution in [0.2, 0.25) is 0 Å². The summed E-state index contributed by atoms with van der Waals surface area (Å²) in [4.78, 5) is 12.0. The number of esters is 1. The molecular weight excluding hydrogens is 312 g/mol. The van der Waals surface area contributed by atoms with Crippen LogP contribution < -0.4 is 4.74 Å². The Morgan fingerprint density at radius 1 is 1.20 bits per heavy atom. The molecule has 0 spiro atoms. The van der Waals surface area contributed by atoms with Crippen molar-refractivity contribution in [3.05, 3.63) is 48.6 Å². The molecule has 0 saturated heterocycles. The van der Waals surface area contributed by atoms with Gasteiger partial charge < -0.3 is 9.47 Å². The third kappa shape index (κ3) is 4.15. The fourth-order valence-corrected chi connectivity index (χ4v) is 4.52. The molecule has 1 aromatic rings. The number of hydrogen-bond donors (Lipinski definition) is 0. The maximum absolute atomic E-state index is 12.0. The summed E-state index contributed by atoms with van der Waals surface area (Å²) in [6.45, 7) is 9.40. The van der Waals surface area contributed by atoms with Crippen LogP contribution in [0.5, 0.6) is 5.75 Å². The summed E-state index contributed by atoms with van der Waals surface area (Å²) in [5, 5.41) is 0. The van der Waals surface area contributed by atoms with Crippen LogP contribution in [0.1, 0.15) is 32.3 Å². The van der Waals surface area contributed by atoms with Gasteiger partial charge in [-0.1, -0.05) is 38.6 Å². The Hall–Kier alpha value is -2.03. The Bertz CT molecular complexity index is 629. The lowest BCUT2D eigenvalue weighted by atomic mass is 9.76. The van der Waals surface area contributed by atoms with Crippen LogP contribution in [0.3, 0.4) is 0 Å². The molecule has 0 N–H and O–H groups in total. The molecule has 25 heavy (non-hydrogen) atoms. The zero-order valence-electron chi connectivity index (χ0n) is 15.2. The topological polar surface area (TPSA) is 35.5 Å². The van der Waals surface area contributed by atoms with Gasteiger partial charge in [0.2, 0.25) is 0 Å². The minimum atomic E-state index is -0.254. The minimum absolute atomic E-state index is 0.254. The predicted octanol–water partition coefficient (Wildman–Crippen LogP) is 4.74. The molecule has 5 unspecified atom stereocenters. The Labute approximate surface area is 150 Å². The highest BCUT2D eigenvalue weighted by Gasteiger charge is 2.48. The number of ether oxygens (including phenoxy) is 2. The molecule has 1 aromatic carbocycles. The number of rotatable bonds is 7. The van der Waals surface area contributed by atoms with E-state index in [9.17, 15) is 4.79 Å². The first-order valence-electron chi connectivity index (χ1n) is 9.27. The predicted molar refractivity (Wildman–Crippen MR) is 100 cm³/mol. The molecule has 0 aliphatic heterocycles. The summed E-state index contributed by atoms with van der Waals surface area (Å²) in [5.74, 6) is 4.25. The zero-order valence-corrected chi connectivity index (χ0v) is 15.2. The van der Waals surface area contributed by atoms with Crippen LogP contribution in [0.4, 0.5) is 0 Å². The molecule has 2 aliphatic carbocycles. The molecule has 2 saturated carbocycles. The van der Waals surface area contributed by atoms with Gasteiger partial charge in [-0.2, -0.15) is 0 Å². The quantitative estimate of drug-likeness (QED) is 0.409. The molecule has 3 rings (SSSR count). The summed E-state index contributed by atoms with van der Waals surface area (Å²) in [5.41, 5.74) is 0.949. The number of fused-ring (bicyclic) bond motifs is 2. The van der Waals surface area contributed by atoms with E-state index in [1.54, 1.807) is 12.2 Å². The van der Waals surface area contributed by atoms with Crippen LogP contribution in [-0.4, -0.2) is 19.2 Å². The third-order valence-corrected chi connectivity index (χ3v) is 6.13. The summed E-state index contributed by atoms with van der Waals surface area (Å²) in [6, 6.07) is 7.60. The lowest BCUT2D eigenvalue weighted by Gasteiger charge is -2.31. The highest BCUT2D eigenvalue weighted by Crippen LogP contribution is 2.54. The molecule has 0 aromatic heterocycles. The van der Waals surface area contributed by atoms with Crippen LogP contribution >= 0.6 is 0 Å². The standard InChI is InChI=1S/C22H28O3/c1-4-11-24-20-8-5-17(6-9-20)7-10-22(23)25-14-19-12-18-13-21(19)16(3)15(18)2/h4-10,15-16,18-19,21H,1,11-14H2,2-3H3/b10-7+. The third-order valence-electron chi connectivity index (χ3n) is 6.13. The van der Waals surface area contributed by atoms with Crippen molar-refractivity contribution in [2.45, 2.75) is 26.7 Å². The highest BCUT2D eigenvalue weighted by molar-refractivity contribution is 5.87. The van der Waals surface area contributed by atoms with Gasteiger partial charge in [-0.05, 0) is 66.2 Å². The first-order valence-corrected chi connectivity index (χ1v) is 9.27. The average molecular weight is 340 g/mol. The molecule has 0 amide bonds. The van der Waals surface area contributed by atoms with E-state index in [0.29, 0.717) is 19.1 Å². The van der Waals surface area contributed by atoms with Gasteiger partial charge >= 0.3 is 5.97 Å². The largest absolute Gasteiger partial charge is 0.490 e. The molecule has 3 nitrogen and oxygen atoms in total. The lowest BCUT2D eigenvalue weighted by molar-refractivity contribution is -0.139. The van der Waals surface area contributed by atoms with Gasteiger partial charge in [0.1, 0.15) is 12.4 Å². The zero-order chi connectivity index (χ0) is 17.8. The second kappa shape index (κ2) is 7.90. The molecule has 5 atom stereocenters. The monoisotopic (exact) mass is 340 g/mol. The van der Waals surface area contributed by atoms with Crippen LogP contribution in [0, 0.1) is 29.6 Å². The first kappa shape index (κ1) is 17.8. The molecule has 3 heteroatoms. The van der Waals surface area contributed by atoms with Gasteiger partial charge in [0.25, 0.3) is 0 Å². The summed E-state index contributed by atoms with van der Waals surface area (Å²) in [7, 11) is 0. The lowest BCUT2D eigenvalue weighted by Crippen LogP contribution is -2.28. The van der Waals surface area contributed by atoms with Crippen molar-refractivity contribution in [3.8, 4) is 5.75 Å². The van der Waals surface area contributed by atoms with Crippen molar-refractivity contribution in [1.82, 2.24) is 0 Å². The Morgan fingerprint density at radius 3 is 2.60 bits per heavy atom. The van der Waals surface area contributed by atoms with Gasteiger partial charge in [-0.3, -0.25) is 0 Å². The van der Waals surface area contributed by atoms with Gasteiger partial charge in [-0.25, -0.2) is 4.79 Å². The van der Waals surface area contributed by atoms with E-state index in [1.165, 1.54) is 18.9 Å². The number of carbonyl (C=O) groups excluding carboxylic acids is 1. The fraction of sp³-hybridized carbons (Fsp3) is 0.500. The minimum Gasteiger partial charge on any atom is -0.490 e. The smallest absolute Gasteiger partial charge is 0.330 e. The molecule has 2 fully saturated rings. The number of carbonyl (C=O) groups is 1. The molecule has 0 heterocycles. The Kier molecular flexibility index (Phi) is 5.62. The van der Waals surface area contributed by atoms with Crippen molar-refractivity contribution in [2.75, 3.05) is 13.2 Å². The van der Waals surface area contributed by atoms with Gasteiger partial charge in [0, 0.05) is 6.08 Å². The van der Waals surface area contributed by atoms with E-state index in [2.05, 4.69) is 20.4 Å². The first-order chi connectivity index (χ1) is 12.1. The van der Waals surface area contributed by atoms with Crippen molar-refractivity contribution in [3.63, 3.8) is 0 Å². The van der Waals surface area contributed by atoms with Crippen molar-refractivity contribution < 1.29 is 14.3 Å². The maximum Gasteiger partial charge on any atom is 0.330 e. The summed E-state index contributed by atoms with van der Waals surface area (Å²) in [6.07, 6.45) is 7.55. The van der Waals surface area contributed by atoms with E-state index >= 15 is 0 Å². The molecular formula is C22H28O3. The van der Waals surface area contributed by atoms with Crippen LogP contribution in [0.25, 0.3) is 6.08 Å². The summed E-state index contributed by atoms with van der Waals surface area (Å²) < 4.78 is 10.9. The Morgan fingerprint density at radius 2 is 1.96 bits per heavy atom. The SMILES string of the molecule is C=CCOc1ccc(/C=C/C(=O)OCC2CC3CC2C(C)C3C)cc1. The van der Waals surface area contributed by atoms with Crippen molar-refractivity contribution >= 4 is 12.0 Å². The maximum atomic E-state index is 12.0. The van der Waals surface area contributed by atoms with Gasteiger partial charge in [0.15, 0.2) is 0 Å². The number of benzene rings is 1. The van der Waals surface area contributed by atoms with Crippen LogP contribution in [0.15, 0.2) is 43.0 Å². The molecule has 2 aliphatic rings. The van der Waals surface area contributed by atoms with E-state index in [-0.39, 0.29) is 5.97 Å². The van der Waals surface area contributed by atoms with Crippen molar-refractivity contribution in [1.29, 1.82) is 0 Å². The molecule has 0 radical (unpaired) electrons. The van der Waals surface area contributed by atoms with Crippen molar-refractivity contribution in [2.24, 2.45) is 29.6 Å².